The van der Waals surface area contributed by atoms with E-state index >= 15 is 0 Å². The number of aromatic nitrogens is 1. The lowest BCUT2D eigenvalue weighted by Crippen LogP contribution is -2.43. The quantitative estimate of drug-likeness (QED) is 0.704. The molecule has 1 saturated heterocycles. The molecular formula is C21H21F2N3OS. The number of pyridine rings is 1. The molecule has 7 heteroatoms. The predicted molar refractivity (Wildman–Crippen MR) is 107 cm³/mol. The van der Waals surface area contributed by atoms with Crippen molar-refractivity contribution in [2.75, 3.05) is 18.0 Å². The first-order chi connectivity index (χ1) is 13.5. The fourth-order valence-electron chi connectivity index (χ4n) is 3.76. The largest absolute Gasteiger partial charge is 0.355 e. The van der Waals surface area contributed by atoms with Gasteiger partial charge in [0, 0.05) is 46.9 Å². The van der Waals surface area contributed by atoms with Crippen LogP contribution in [0, 0.1) is 24.5 Å². The highest BCUT2D eigenvalue weighted by molar-refractivity contribution is 7.19. The molecule has 4 rings (SSSR count). The lowest BCUT2D eigenvalue weighted by atomic mass is 9.96. The van der Waals surface area contributed by atoms with Gasteiger partial charge in [-0.15, -0.1) is 11.3 Å². The van der Waals surface area contributed by atoms with Crippen LogP contribution in [0.3, 0.4) is 0 Å². The van der Waals surface area contributed by atoms with E-state index in [1.165, 1.54) is 21.7 Å². The van der Waals surface area contributed by atoms with Crippen molar-refractivity contribution in [1.29, 1.82) is 0 Å². The molecule has 1 aliphatic heterocycles. The van der Waals surface area contributed by atoms with Crippen molar-refractivity contribution in [3.8, 4) is 0 Å². The molecule has 146 valence electrons. The zero-order valence-electron chi connectivity index (χ0n) is 15.5. The molecule has 1 N–H and O–H groups in total. The maximum Gasteiger partial charge on any atom is 0.225 e. The first-order valence-electron chi connectivity index (χ1n) is 9.32. The van der Waals surface area contributed by atoms with Crippen LogP contribution in [0.2, 0.25) is 0 Å². The molecule has 0 bridgehead atoms. The summed E-state index contributed by atoms with van der Waals surface area (Å²) in [6.45, 7) is 3.64. The summed E-state index contributed by atoms with van der Waals surface area (Å²) >= 11 is 1.74. The molecular weight excluding hydrogens is 380 g/mol. The maximum atomic E-state index is 13.3. The topological polar surface area (TPSA) is 45.2 Å². The Morgan fingerprint density at radius 1 is 1.29 bits per heavy atom. The summed E-state index contributed by atoms with van der Waals surface area (Å²) in [5.41, 5.74) is 0.415. The lowest BCUT2D eigenvalue weighted by Gasteiger charge is -2.33. The number of fused-ring (bicyclic) bond motifs is 1. The van der Waals surface area contributed by atoms with Crippen molar-refractivity contribution >= 4 is 33.1 Å². The van der Waals surface area contributed by atoms with Gasteiger partial charge in [-0.3, -0.25) is 4.79 Å². The first kappa shape index (κ1) is 18.8. The summed E-state index contributed by atoms with van der Waals surface area (Å²) in [6, 6.07) is 7.46. The number of nitrogens with one attached hydrogen (secondary N) is 1. The summed E-state index contributed by atoms with van der Waals surface area (Å²) in [4.78, 5) is 20.6. The van der Waals surface area contributed by atoms with Gasteiger partial charge in [-0.25, -0.2) is 13.8 Å². The number of piperidine rings is 1. The van der Waals surface area contributed by atoms with Crippen LogP contribution < -0.4 is 10.2 Å². The smallest absolute Gasteiger partial charge is 0.225 e. The van der Waals surface area contributed by atoms with Gasteiger partial charge in [0.25, 0.3) is 0 Å². The van der Waals surface area contributed by atoms with Crippen LogP contribution in [0.25, 0.3) is 10.1 Å². The number of carbonyl (C=O) groups is 1. The zero-order chi connectivity index (χ0) is 19.7. The lowest BCUT2D eigenvalue weighted by molar-refractivity contribution is -0.125. The third-order valence-electron chi connectivity index (χ3n) is 5.03. The van der Waals surface area contributed by atoms with Gasteiger partial charge in [0.05, 0.1) is 5.92 Å². The second-order valence-corrected chi connectivity index (χ2v) is 8.47. The molecule has 1 aliphatic rings. The second-order valence-electron chi connectivity index (χ2n) is 7.18. The Bertz CT molecular complexity index is 1000. The minimum absolute atomic E-state index is 0.0944. The molecule has 1 amide bonds. The summed E-state index contributed by atoms with van der Waals surface area (Å²) in [7, 11) is 0. The number of benzene rings is 1. The van der Waals surface area contributed by atoms with E-state index in [1.807, 2.05) is 12.3 Å². The molecule has 0 spiro atoms. The van der Waals surface area contributed by atoms with Gasteiger partial charge in [-0.2, -0.15) is 0 Å². The van der Waals surface area contributed by atoms with E-state index in [1.54, 1.807) is 11.3 Å². The zero-order valence-corrected chi connectivity index (χ0v) is 16.4. The van der Waals surface area contributed by atoms with Gasteiger partial charge in [-0.05, 0) is 49.6 Å². The molecule has 4 nitrogen and oxygen atoms in total. The highest BCUT2D eigenvalue weighted by Crippen LogP contribution is 2.33. The van der Waals surface area contributed by atoms with E-state index in [-0.39, 0.29) is 18.4 Å². The molecule has 28 heavy (non-hydrogen) atoms. The van der Waals surface area contributed by atoms with Crippen molar-refractivity contribution in [3.05, 3.63) is 58.6 Å². The van der Waals surface area contributed by atoms with Crippen LogP contribution in [0.5, 0.6) is 0 Å². The van der Waals surface area contributed by atoms with Crippen molar-refractivity contribution in [2.24, 2.45) is 5.92 Å². The van der Waals surface area contributed by atoms with E-state index in [0.717, 1.165) is 36.7 Å². The van der Waals surface area contributed by atoms with Crippen molar-refractivity contribution < 1.29 is 13.6 Å². The Morgan fingerprint density at radius 3 is 2.86 bits per heavy atom. The number of hydrogen-bond acceptors (Lipinski definition) is 4. The molecule has 1 fully saturated rings. The fourth-order valence-corrected chi connectivity index (χ4v) is 4.67. The normalized spacial score (nSPS) is 17.1. The van der Waals surface area contributed by atoms with Crippen molar-refractivity contribution in [2.45, 2.75) is 26.3 Å². The predicted octanol–water partition coefficient (Wildman–Crippen LogP) is 4.42. The van der Waals surface area contributed by atoms with Gasteiger partial charge < -0.3 is 10.2 Å². The number of rotatable bonds is 4. The molecule has 1 aromatic carbocycles. The average Bonchev–Trinajstić information content (AvgIpc) is 3.05. The summed E-state index contributed by atoms with van der Waals surface area (Å²) in [5.74, 6) is -0.629. The second kappa shape index (κ2) is 7.83. The molecule has 3 heterocycles. The highest BCUT2D eigenvalue weighted by atomic mass is 32.1. The van der Waals surface area contributed by atoms with Crippen LogP contribution in [0.1, 0.15) is 23.3 Å². The Labute approximate surface area is 166 Å². The summed E-state index contributed by atoms with van der Waals surface area (Å²) in [5, 5.41) is 3.95. The van der Waals surface area contributed by atoms with E-state index in [4.69, 9.17) is 0 Å². The molecule has 0 unspecified atom stereocenters. The Kier molecular flexibility index (Phi) is 5.26. The number of hydrogen-bond donors (Lipinski definition) is 1. The Morgan fingerprint density at radius 2 is 2.07 bits per heavy atom. The van der Waals surface area contributed by atoms with E-state index in [9.17, 15) is 13.6 Å². The monoisotopic (exact) mass is 401 g/mol. The first-order valence-corrected chi connectivity index (χ1v) is 10.1. The number of halogens is 2. The molecule has 1 atom stereocenters. The third-order valence-corrected chi connectivity index (χ3v) is 6.04. The molecule has 2 aromatic heterocycles. The number of nitrogens with zero attached hydrogens (tertiary/aromatic N) is 2. The molecule has 3 aromatic rings. The van der Waals surface area contributed by atoms with E-state index in [2.05, 4.69) is 28.2 Å². The molecule has 0 radical (unpaired) electrons. The van der Waals surface area contributed by atoms with Crippen LogP contribution in [-0.2, 0) is 11.3 Å². The van der Waals surface area contributed by atoms with Gasteiger partial charge in [0.15, 0.2) is 0 Å². The number of carbonyl (C=O) groups excluding carboxylic acids is 1. The van der Waals surface area contributed by atoms with E-state index in [0.29, 0.717) is 12.1 Å². The average molecular weight is 401 g/mol. The van der Waals surface area contributed by atoms with Gasteiger partial charge in [-0.1, -0.05) is 0 Å². The minimum Gasteiger partial charge on any atom is -0.355 e. The minimum atomic E-state index is -0.640. The molecule has 0 aliphatic carbocycles. The van der Waals surface area contributed by atoms with Crippen LogP contribution in [0.15, 0.2) is 36.5 Å². The highest BCUT2D eigenvalue weighted by Gasteiger charge is 2.27. The van der Waals surface area contributed by atoms with E-state index < -0.39 is 11.6 Å². The Balaban J connectivity index is 1.45. The van der Waals surface area contributed by atoms with Crippen molar-refractivity contribution in [1.82, 2.24) is 10.3 Å². The standard InChI is InChI=1S/C21H21F2N3OS/c1-13-7-18-19(28-13)4-5-24-20(18)26-6-2-3-15(12-26)21(27)25-11-14-8-16(22)10-17(23)9-14/h4-5,7-10,15H,2-3,6,11-12H2,1H3,(H,25,27)/t15-/m0/s1. The number of amides is 1. The van der Waals surface area contributed by atoms with Crippen LogP contribution >= 0.6 is 11.3 Å². The van der Waals surface area contributed by atoms with Gasteiger partial charge in [0.2, 0.25) is 5.91 Å². The van der Waals surface area contributed by atoms with Gasteiger partial charge >= 0.3 is 0 Å². The number of anilines is 1. The fraction of sp³-hybridized carbons (Fsp3) is 0.333. The third kappa shape index (κ3) is 3.99. The Hall–Kier alpha value is -2.54. The summed E-state index contributed by atoms with van der Waals surface area (Å²) < 4.78 is 27.8. The SMILES string of the molecule is Cc1cc2c(N3CCC[C@H](C(=O)NCc4cc(F)cc(F)c4)C3)nccc2s1. The molecule has 0 saturated carbocycles. The van der Waals surface area contributed by atoms with Crippen LogP contribution in [0.4, 0.5) is 14.6 Å². The number of aryl methyl sites for hydroxylation is 1. The number of thiophene rings is 1. The van der Waals surface area contributed by atoms with Crippen molar-refractivity contribution in [3.63, 3.8) is 0 Å². The summed E-state index contributed by atoms with van der Waals surface area (Å²) in [6.07, 6.45) is 3.50. The van der Waals surface area contributed by atoms with Crippen LogP contribution in [-0.4, -0.2) is 24.0 Å². The van der Waals surface area contributed by atoms with Gasteiger partial charge in [0.1, 0.15) is 17.5 Å². The maximum absolute atomic E-state index is 13.3.